The minimum absolute atomic E-state index is 0.0506. The van der Waals surface area contributed by atoms with Gasteiger partial charge in [0.15, 0.2) is 0 Å². The van der Waals surface area contributed by atoms with Crippen LogP contribution in [0.4, 0.5) is 0 Å². The van der Waals surface area contributed by atoms with Gasteiger partial charge in [0.1, 0.15) is 6.10 Å². The molecular formula is C30H49NO4. The van der Waals surface area contributed by atoms with Crippen LogP contribution in [0.25, 0.3) is 0 Å². The maximum atomic E-state index is 11.9. The van der Waals surface area contributed by atoms with Gasteiger partial charge in [-0.15, -0.1) is 0 Å². The van der Waals surface area contributed by atoms with Crippen LogP contribution in [0.15, 0.2) is 11.6 Å². The number of fused-ring (bicyclic) bond motifs is 5. The van der Waals surface area contributed by atoms with E-state index in [2.05, 4.69) is 32.2 Å². The van der Waals surface area contributed by atoms with Gasteiger partial charge in [-0.05, 0) is 105 Å². The molecular weight excluding hydrogens is 438 g/mol. The summed E-state index contributed by atoms with van der Waals surface area (Å²) in [6.07, 6.45) is 14.3. The predicted molar refractivity (Wildman–Crippen MR) is 139 cm³/mol. The third-order valence-corrected chi connectivity index (χ3v) is 10.8. The molecule has 0 aromatic rings. The maximum absolute atomic E-state index is 11.9. The number of rotatable bonds is 9. The van der Waals surface area contributed by atoms with Crippen molar-refractivity contribution in [3.05, 3.63) is 11.6 Å². The highest BCUT2D eigenvalue weighted by Crippen LogP contribution is 2.67. The number of hydrogen-bond acceptors (Lipinski definition) is 5. The first-order valence-electron chi connectivity index (χ1n) is 14.4. The van der Waals surface area contributed by atoms with Gasteiger partial charge in [0.25, 0.3) is 0 Å². The molecule has 5 heteroatoms. The molecule has 4 aliphatic rings. The largest absolute Gasteiger partial charge is 0.469 e. The van der Waals surface area contributed by atoms with E-state index in [1.807, 2.05) is 6.92 Å². The lowest BCUT2D eigenvalue weighted by molar-refractivity contribution is -0.151. The van der Waals surface area contributed by atoms with Crippen LogP contribution in [0.5, 0.6) is 0 Å². The predicted octanol–water partition coefficient (Wildman–Crippen LogP) is 6.07. The van der Waals surface area contributed by atoms with E-state index < -0.39 is 0 Å². The number of carbonyl (C=O) groups is 2. The second-order valence-corrected chi connectivity index (χ2v) is 12.6. The molecule has 5 nitrogen and oxygen atoms in total. The Morgan fingerprint density at radius 2 is 1.91 bits per heavy atom. The third kappa shape index (κ3) is 5.22. The van der Waals surface area contributed by atoms with Gasteiger partial charge in [-0.25, -0.2) is 0 Å². The van der Waals surface area contributed by atoms with Crippen molar-refractivity contribution in [3.63, 3.8) is 0 Å². The van der Waals surface area contributed by atoms with Gasteiger partial charge < -0.3 is 14.8 Å². The van der Waals surface area contributed by atoms with Gasteiger partial charge in [-0.3, -0.25) is 9.59 Å². The second kappa shape index (κ2) is 10.9. The first-order valence-corrected chi connectivity index (χ1v) is 14.4. The standard InChI is InChI=1S/C30H49NO4/c1-6-27(32)35-22-13-15-29(3)21(18-22)9-10-23-25-12-11-24(30(25,4)16-14-26(23)29)20(2)19-31-17-7-8-28(33)34-5/h9,20,22-26,31H,6-8,10-19H2,1-5H3/t20-,22+,23+,24-,25+,26+,29+,30-/m1/s1. The summed E-state index contributed by atoms with van der Waals surface area (Å²) in [7, 11) is 1.46. The second-order valence-electron chi connectivity index (χ2n) is 12.6. The molecule has 0 unspecified atom stereocenters. The molecule has 4 rings (SSSR count). The monoisotopic (exact) mass is 487 g/mol. The lowest BCUT2D eigenvalue weighted by Gasteiger charge is -2.58. The summed E-state index contributed by atoms with van der Waals surface area (Å²) < 4.78 is 10.5. The zero-order valence-corrected chi connectivity index (χ0v) is 22.9. The smallest absolute Gasteiger partial charge is 0.305 e. The van der Waals surface area contributed by atoms with Crippen LogP contribution in [-0.4, -0.2) is 38.2 Å². The SMILES string of the molecule is CCC(=O)O[C@H]1CC[C@@]2(C)C(=CC[C@H]3[C@@H]4CC[C@H]([C@H](C)CNCCCC(=O)OC)[C@@]4(C)CC[C@@H]32)C1. The topological polar surface area (TPSA) is 64.6 Å². The molecule has 0 aliphatic heterocycles. The van der Waals surface area contributed by atoms with Gasteiger partial charge in [0.2, 0.25) is 0 Å². The van der Waals surface area contributed by atoms with Crippen molar-refractivity contribution in [2.75, 3.05) is 20.2 Å². The van der Waals surface area contributed by atoms with E-state index in [4.69, 9.17) is 9.47 Å². The Labute approximate surface area is 213 Å². The fraction of sp³-hybridized carbons (Fsp3) is 0.867. The van der Waals surface area contributed by atoms with E-state index in [0.29, 0.717) is 29.6 Å². The van der Waals surface area contributed by atoms with Gasteiger partial charge >= 0.3 is 11.9 Å². The number of methoxy groups -OCH3 is 1. The van der Waals surface area contributed by atoms with E-state index in [-0.39, 0.29) is 18.0 Å². The van der Waals surface area contributed by atoms with Gasteiger partial charge in [-0.1, -0.05) is 39.3 Å². The van der Waals surface area contributed by atoms with Crippen molar-refractivity contribution in [2.24, 2.45) is 40.4 Å². The average molecular weight is 488 g/mol. The Morgan fingerprint density at radius 1 is 1.11 bits per heavy atom. The van der Waals surface area contributed by atoms with Crippen molar-refractivity contribution in [2.45, 2.75) is 104 Å². The highest BCUT2D eigenvalue weighted by atomic mass is 16.5. The molecule has 0 radical (unpaired) electrons. The van der Waals surface area contributed by atoms with Crippen molar-refractivity contribution in [3.8, 4) is 0 Å². The van der Waals surface area contributed by atoms with Gasteiger partial charge in [0.05, 0.1) is 7.11 Å². The van der Waals surface area contributed by atoms with E-state index in [0.717, 1.165) is 56.0 Å². The van der Waals surface area contributed by atoms with Crippen LogP contribution in [0, 0.1) is 40.4 Å². The van der Waals surface area contributed by atoms with Crippen molar-refractivity contribution >= 4 is 11.9 Å². The molecule has 0 saturated heterocycles. The molecule has 3 saturated carbocycles. The molecule has 4 aliphatic carbocycles. The highest BCUT2D eigenvalue weighted by Gasteiger charge is 2.59. The van der Waals surface area contributed by atoms with Crippen LogP contribution < -0.4 is 5.32 Å². The van der Waals surface area contributed by atoms with Crippen molar-refractivity contribution < 1.29 is 19.1 Å². The Balaban J connectivity index is 1.37. The van der Waals surface area contributed by atoms with E-state index >= 15 is 0 Å². The molecule has 0 spiro atoms. The first kappa shape index (κ1) is 26.7. The molecule has 35 heavy (non-hydrogen) atoms. The van der Waals surface area contributed by atoms with Gasteiger partial charge in [0, 0.05) is 19.3 Å². The number of hydrogen-bond donors (Lipinski definition) is 1. The molecule has 198 valence electrons. The molecule has 8 atom stereocenters. The Morgan fingerprint density at radius 3 is 2.66 bits per heavy atom. The maximum Gasteiger partial charge on any atom is 0.305 e. The third-order valence-electron chi connectivity index (χ3n) is 10.8. The fourth-order valence-corrected chi connectivity index (χ4v) is 8.90. The molecule has 0 bridgehead atoms. The summed E-state index contributed by atoms with van der Waals surface area (Å²) in [6.45, 7) is 11.4. The minimum atomic E-state index is -0.114. The van der Waals surface area contributed by atoms with Crippen molar-refractivity contribution in [1.29, 1.82) is 0 Å². The summed E-state index contributed by atoms with van der Waals surface area (Å²) in [6, 6.07) is 0. The van der Waals surface area contributed by atoms with E-state index in [9.17, 15) is 9.59 Å². The summed E-state index contributed by atoms with van der Waals surface area (Å²) >= 11 is 0. The minimum Gasteiger partial charge on any atom is -0.469 e. The Kier molecular flexibility index (Phi) is 8.35. The number of ether oxygens (including phenoxy) is 2. The summed E-state index contributed by atoms with van der Waals surface area (Å²) in [5.74, 6) is 3.70. The molecule has 0 amide bonds. The van der Waals surface area contributed by atoms with Crippen LogP contribution in [0.3, 0.4) is 0 Å². The van der Waals surface area contributed by atoms with Gasteiger partial charge in [-0.2, -0.15) is 0 Å². The number of nitrogens with one attached hydrogen (secondary N) is 1. The number of allylic oxidation sites excluding steroid dienone is 1. The number of esters is 2. The summed E-state index contributed by atoms with van der Waals surface area (Å²) in [4.78, 5) is 23.2. The highest BCUT2D eigenvalue weighted by molar-refractivity contribution is 5.69. The average Bonchev–Trinajstić information content (AvgIpc) is 3.21. The van der Waals surface area contributed by atoms with E-state index in [1.54, 1.807) is 5.57 Å². The Hall–Kier alpha value is -1.36. The zero-order valence-electron chi connectivity index (χ0n) is 22.9. The summed E-state index contributed by atoms with van der Waals surface area (Å²) in [5.41, 5.74) is 2.33. The fourth-order valence-electron chi connectivity index (χ4n) is 8.90. The molecule has 0 heterocycles. The normalized spacial score (nSPS) is 39.0. The van der Waals surface area contributed by atoms with Crippen molar-refractivity contribution in [1.82, 2.24) is 5.32 Å². The summed E-state index contributed by atoms with van der Waals surface area (Å²) in [5, 5.41) is 3.62. The van der Waals surface area contributed by atoms with Crippen LogP contribution in [0.1, 0.15) is 98.3 Å². The Bertz CT molecular complexity index is 808. The quantitative estimate of drug-likeness (QED) is 0.243. The zero-order chi connectivity index (χ0) is 25.2. The van der Waals surface area contributed by atoms with E-state index in [1.165, 1.54) is 45.6 Å². The van der Waals surface area contributed by atoms with Crippen LogP contribution in [0.2, 0.25) is 0 Å². The number of carbonyl (C=O) groups excluding carboxylic acids is 2. The lowest BCUT2D eigenvalue weighted by atomic mass is 9.47. The molecule has 1 N–H and O–H groups in total. The molecule has 3 fully saturated rings. The molecule has 0 aromatic carbocycles. The molecule has 0 aromatic heterocycles. The van der Waals surface area contributed by atoms with Crippen LogP contribution in [-0.2, 0) is 19.1 Å². The van der Waals surface area contributed by atoms with Crippen LogP contribution >= 0.6 is 0 Å². The first-order chi connectivity index (χ1) is 16.7. The lowest BCUT2D eigenvalue weighted by Crippen LogP contribution is -2.51.